The number of aromatic nitrogens is 3. The van der Waals surface area contributed by atoms with Crippen molar-refractivity contribution in [1.29, 1.82) is 0 Å². The number of nitrogens with two attached hydrogens (primary N) is 2. The van der Waals surface area contributed by atoms with Gasteiger partial charge in [-0.3, -0.25) is 9.59 Å². The largest absolute Gasteiger partial charge is 0.508 e. The minimum atomic E-state index is -0.811. The van der Waals surface area contributed by atoms with Crippen molar-refractivity contribution in [2.24, 2.45) is 12.8 Å². The van der Waals surface area contributed by atoms with E-state index >= 15 is 0 Å². The fourth-order valence-corrected chi connectivity index (χ4v) is 2.54. The molecular weight excluding hydrogens is 334 g/mol. The molecule has 0 saturated heterocycles. The highest BCUT2D eigenvalue weighted by Crippen LogP contribution is 2.32. The van der Waals surface area contributed by atoms with E-state index in [0.717, 1.165) is 5.56 Å². The topological polar surface area (TPSA) is 137 Å². The number of nitrogens with zero attached hydrogens (tertiary/aromatic N) is 3. The number of phenolic OH excluding ortho intramolecular Hbond substituents is 1. The number of pyridine rings is 1. The van der Waals surface area contributed by atoms with Crippen LogP contribution in [0.1, 0.15) is 16.1 Å². The van der Waals surface area contributed by atoms with Crippen molar-refractivity contribution >= 4 is 11.6 Å². The number of primary amides is 1. The molecule has 0 aliphatic rings. The first-order valence-corrected chi connectivity index (χ1v) is 7.72. The molecule has 26 heavy (non-hydrogen) atoms. The SMILES string of the molecule is Cc1ccc(O)cc1-c1nc(-c2ccn(C)c(=O)c2)nc(C(N)=O)c1N. The first-order chi connectivity index (χ1) is 12.3. The molecule has 0 radical (unpaired) electrons. The molecule has 3 aromatic rings. The molecule has 5 N–H and O–H groups in total. The Morgan fingerprint density at radius 1 is 1.19 bits per heavy atom. The summed E-state index contributed by atoms with van der Waals surface area (Å²) in [7, 11) is 1.62. The standard InChI is InChI=1S/C18H17N5O3/c1-9-3-4-11(24)8-12(9)15-14(19)16(17(20)26)22-18(21-15)10-5-6-23(2)13(25)7-10/h3-8,24H,19H2,1-2H3,(H2,20,26). The van der Waals surface area contributed by atoms with Crippen molar-refractivity contribution < 1.29 is 9.90 Å². The van der Waals surface area contributed by atoms with Crippen molar-refractivity contribution in [3.05, 3.63) is 58.1 Å². The maximum atomic E-state index is 11.9. The summed E-state index contributed by atoms with van der Waals surface area (Å²) >= 11 is 0. The van der Waals surface area contributed by atoms with Crippen LogP contribution in [0, 0.1) is 6.92 Å². The van der Waals surface area contributed by atoms with Gasteiger partial charge in [-0.25, -0.2) is 9.97 Å². The lowest BCUT2D eigenvalue weighted by Crippen LogP contribution is -2.19. The van der Waals surface area contributed by atoms with Crippen molar-refractivity contribution in [2.45, 2.75) is 6.92 Å². The number of aryl methyl sites for hydroxylation is 2. The lowest BCUT2D eigenvalue weighted by Gasteiger charge is -2.13. The molecule has 2 heterocycles. The van der Waals surface area contributed by atoms with Crippen LogP contribution in [0.25, 0.3) is 22.6 Å². The van der Waals surface area contributed by atoms with Gasteiger partial charge in [0.05, 0.1) is 11.4 Å². The van der Waals surface area contributed by atoms with Crippen LogP contribution >= 0.6 is 0 Å². The molecule has 2 aromatic heterocycles. The number of nitrogen functional groups attached to an aromatic ring is 1. The monoisotopic (exact) mass is 351 g/mol. The van der Waals surface area contributed by atoms with Crippen molar-refractivity contribution in [2.75, 3.05) is 5.73 Å². The Hall–Kier alpha value is -3.68. The summed E-state index contributed by atoms with van der Waals surface area (Å²) in [4.78, 5) is 32.3. The molecule has 0 atom stereocenters. The first kappa shape index (κ1) is 17.2. The van der Waals surface area contributed by atoms with Crippen molar-refractivity contribution in [3.63, 3.8) is 0 Å². The minimum absolute atomic E-state index is 0.0128. The molecule has 0 saturated carbocycles. The molecule has 0 bridgehead atoms. The summed E-state index contributed by atoms with van der Waals surface area (Å²) in [5.41, 5.74) is 13.1. The number of rotatable bonds is 3. The van der Waals surface area contributed by atoms with Gasteiger partial charge in [0.2, 0.25) is 0 Å². The zero-order valence-electron chi connectivity index (χ0n) is 14.2. The Morgan fingerprint density at radius 2 is 1.92 bits per heavy atom. The number of phenols is 1. The summed E-state index contributed by atoms with van der Waals surface area (Å²) in [6.45, 7) is 1.82. The maximum Gasteiger partial charge on any atom is 0.269 e. The highest BCUT2D eigenvalue weighted by atomic mass is 16.3. The molecule has 0 unspecified atom stereocenters. The molecule has 1 aromatic carbocycles. The van der Waals surface area contributed by atoms with Gasteiger partial charge in [0.25, 0.3) is 11.5 Å². The maximum absolute atomic E-state index is 11.9. The Labute approximate surface area is 148 Å². The number of hydrogen-bond donors (Lipinski definition) is 3. The van der Waals surface area contributed by atoms with E-state index in [1.54, 1.807) is 25.4 Å². The van der Waals surface area contributed by atoms with E-state index in [4.69, 9.17) is 11.5 Å². The van der Waals surface area contributed by atoms with Crippen LogP contribution in [-0.4, -0.2) is 25.5 Å². The molecule has 0 spiro atoms. The van der Waals surface area contributed by atoms with Crippen LogP contribution in [0.4, 0.5) is 5.69 Å². The van der Waals surface area contributed by atoms with Crippen LogP contribution < -0.4 is 17.0 Å². The number of hydrogen-bond acceptors (Lipinski definition) is 6. The molecule has 8 nitrogen and oxygen atoms in total. The molecule has 132 valence electrons. The zero-order valence-corrected chi connectivity index (χ0v) is 14.2. The van der Waals surface area contributed by atoms with Gasteiger partial charge in [-0.2, -0.15) is 0 Å². The third kappa shape index (κ3) is 3.00. The van der Waals surface area contributed by atoms with Gasteiger partial charge in [-0.1, -0.05) is 6.07 Å². The van der Waals surface area contributed by atoms with E-state index in [1.807, 2.05) is 6.92 Å². The second-order valence-corrected chi connectivity index (χ2v) is 5.89. The lowest BCUT2D eigenvalue weighted by molar-refractivity contribution is 0.0996. The van der Waals surface area contributed by atoms with Crippen LogP contribution in [-0.2, 0) is 7.05 Å². The van der Waals surface area contributed by atoms with E-state index in [1.165, 1.54) is 22.8 Å². The smallest absolute Gasteiger partial charge is 0.269 e. The number of carbonyl (C=O) groups is 1. The van der Waals surface area contributed by atoms with Gasteiger partial charge >= 0.3 is 0 Å². The average Bonchev–Trinajstić information content (AvgIpc) is 2.59. The second kappa shape index (κ2) is 6.32. The molecule has 8 heteroatoms. The van der Waals surface area contributed by atoms with Crippen molar-refractivity contribution in [1.82, 2.24) is 14.5 Å². The van der Waals surface area contributed by atoms with Gasteiger partial charge < -0.3 is 21.1 Å². The van der Waals surface area contributed by atoms with E-state index < -0.39 is 5.91 Å². The fraction of sp³-hybridized carbons (Fsp3) is 0.111. The Kier molecular flexibility index (Phi) is 4.17. The minimum Gasteiger partial charge on any atom is -0.508 e. The summed E-state index contributed by atoms with van der Waals surface area (Å²) in [6, 6.07) is 7.74. The Morgan fingerprint density at radius 3 is 2.58 bits per heavy atom. The number of anilines is 1. The van der Waals surface area contributed by atoms with Crippen LogP contribution in [0.5, 0.6) is 5.75 Å². The predicted octanol–water partition coefficient (Wildman–Crippen LogP) is 1.20. The summed E-state index contributed by atoms with van der Waals surface area (Å²) < 4.78 is 1.40. The zero-order chi connectivity index (χ0) is 19.0. The normalized spacial score (nSPS) is 10.7. The van der Waals surface area contributed by atoms with E-state index in [2.05, 4.69) is 9.97 Å². The third-order valence-electron chi connectivity index (χ3n) is 4.02. The summed E-state index contributed by atoms with van der Waals surface area (Å²) in [5.74, 6) is -0.642. The van der Waals surface area contributed by atoms with Gasteiger partial charge in [-0.15, -0.1) is 0 Å². The van der Waals surface area contributed by atoms with Crippen LogP contribution in [0.3, 0.4) is 0 Å². The highest BCUT2D eigenvalue weighted by molar-refractivity contribution is 5.99. The lowest BCUT2D eigenvalue weighted by atomic mass is 10.0. The molecule has 1 amide bonds. The van der Waals surface area contributed by atoms with Gasteiger partial charge in [0.15, 0.2) is 11.5 Å². The van der Waals surface area contributed by atoms with Crippen LogP contribution in [0.2, 0.25) is 0 Å². The average molecular weight is 351 g/mol. The van der Waals surface area contributed by atoms with Crippen LogP contribution in [0.15, 0.2) is 41.3 Å². The molecule has 0 fully saturated rings. The second-order valence-electron chi connectivity index (χ2n) is 5.89. The number of amides is 1. The number of carbonyl (C=O) groups excluding carboxylic acids is 1. The highest BCUT2D eigenvalue weighted by Gasteiger charge is 2.19. The van der Waals surface area contributed by atoms with Gasteiger partial charge in [-0.05, 0) is 30.7 Å². The number of benzene rings is 1. The first-order valence-electron chi connectivity index (χ1n) is 7.72. The van der Waals surface area contributed by atoms with E-state index in [-0.39, 0.29) is 34.2 Å². The molecular formula is C18H17N5O3. The summed E-state index contributed by atoms with van der Waals surface area (Å²) in [6.07, 6.45) is 1.57. The molecule has 3 rings (SSSR count). The fourth-order valence-electron chi connectivity index (χ4n) is 2.54. The Balaban J connectivity index is 2.32. The number of aromatic hydroxyl groups is 1. The van der Waals surface area contributed by atoms with E-state index in [0.29, 0.717) is 11.1 Å². The predicted molar refractivity (Wildman–Crippen MR) is 97.5 cm³/mol. The Bertz CT molecular complexity index is 1090. The van der Waals surface area contributed by atoms with Gasteiger partial charge in [0.1, 0.15) is 5.75 Å². The molecule has 0 aliphatic heterocycles. The molecule has 0 aliphatic carbocycles. The van der Waals surface area contributed by atoms with Gasteiger partial charge in [0, 0.05) is 30.4 Å². The van der Waals surface area contributed by atoms with Crippen molar-refractivity contribution in [3.8, 4) is 28.4 Å². The quantitative estimate of drug-likeness (QED) is 0.648. The summed E-state index contributed by atoms with van der Waals surface area (Å²) in [5, 5.41) is 9.80. The third-order valence-corrected chi connectivity index (χ3v) is 4.02. The van der Waals surface area contributed by atoms with E-state index in [9.17, 15) is 14.7 Å².